The van der Waals surface area contributed by atoms with Gasteiger partial charge in [0.2, 0.25) is 5.91 Å². The van der Waals surface area contributed by atoms with Crippen molar-refractivity contribution in [1.29, 1.82) is 5.26 Å². The average Bonchev–Trinajstić information content (AvgIpc) is 3.57. The number of nitrogens with zero attached hydrogens (tertiary/aromatic N) is 4. The number of fused-ring (bicyclic) bond motifs is 2. The number of carbonyl (C=O) groups excluding carboxylic acids is 2. The molecular formula is C31H41FN6O3. The Balaban J connectivity index is 1.24. The van der Waals surface area contributed by atoms with Gasteiger partial charge >= 0.3 is 0 Å². The van der Waals surface area contributed by atoms with Crippen molar-refractivity contribution in [1.82, 2.24) is 25.3 Å². The van der Waals surface area contributed by atoms with Gasteiger partial charge in [-0.2, -0.15) is 5.26 Å². The molecule has 7 atom stereocenters. The standard InChI is InChI=1S/C31H41FN6O3/c1-3-26(39)38-15-14-37(18-21(38)10-12-33)29-23-9-11-31(16-20-6-4-8-25(32)24(20)17-31)28(40)27(23)34-30(35-29)41-19-22-7-5-13-36(22)2/h3-4,6,8,21-23,27,29-30,34-35H,1,5,7,9-11,13-19H2,2H3/t21?,22?,23?,27?,29?,30?,31-/m1/s1. The fraction of sp³-hybridized carbons (Fsp3) is 0.645. The minimum atomic E-state index is -0.602. The number of likely N-dealkylation sites (tertiary alicyclic amines) is 1. The highest BCUT2D eigenvalue weighted by Gasteiger charge is 2.56. The van der Waals surface area contributed by atoms with Crippen LogP contribution in [0.2, 0.25) is 0 Å². The Kier molecular flexibility index (Phi) is 8.00. The van der Waals surface area contributed by atoms with E-state index in [1.165, 1.54) is 12.1 Å². The van der Waals surface area contributed by atoms with Crippen molar-refractivity contribution < 1.29 is 18.7 Å². The third-order valence-electron chi connectivity index (χ3n) is 10.3. The number of ketones is 1. The summed E-state index contributed by atoms with van der Waals surface area (Å²) < 4.78 is 21.1. The molecule has 0 radical (unpaired) electrons. The lowest BCUT2D eigenvalue weighted by Crippen LogP contribution is -2.74. The molecule has 2 aliphatic carbocycles. The molecule has 10 heteroatoms. The number of nitrogens with one attached hydrogen (secondary N) is 2. The molecule has 1 amide bonds. The average molecular weight is 565 g/mol. The number of halogens is 1. The number of likely N-dealkylation sites (N-methyl/N-ethyl adjacent to an activating group) is 1. The predicted molar refractivity (Wildman–Crippen MR) is 151 cm³/mol. The van der Waals surface area contributed by atoms with E-state index in [-0.39, 0.29) is 42.1 Å². The smallest absolute Gasteiger partial charge is 0.246 e. The molecule has 9 nitrogen and oxygen atoms in total. The zero-order valence-electron chi connectivity index (χ0n) is 23.9. The summed E-state index contributed by atoms with van der Waals surface area (Å²) in [5.74, 6) is -0.245. The lowest BCUT2D eigenvalue weighted by molar-refractivity contribution is -0.152. The number of amides is 1. The van der Waals surface area contributed by atoms with Gasteiger partial charge in [0.1, 0.15) is 5.82 Å². The maximum absolute atomic E-state index is 14.7. The Bertz CT molecular complexity index is 1240. The quantitative estimate of drug-likeness (QED) is 0.505. The van der Waals surface area contributed by atoms with Gasteiger partial charge in [0.05, 0.1) is 37.3 Å². The molecule has 2 N–H and O–H groups in total. The third-order valence-corrected chi connectivity index (χ3v) is 10.3. The van der Waals surface area contributed by atoms with E-state index in [1.54, 1.807) is 11.0 Å². The van der Waals surface area contributed by atoms with Crippen molar-refractivity contribution in [3.8, 4) is 6.07 Å². The molecule has 1 aromatic carbocycles. The molecule has 220 valence electrons. The third kappa shape index (κ3) is 5.23. The van der Waals surface area contributed by atoms with E-state index < -0.39 is 17.8 Å². The second-order valence-corrected chi connectivity index (χ2v) is 12.6. The van der Waals surface area contributed by atoms with Gasteiger partial charge in [0.25, 0.3) is 0 Å². The van der Waals surface area contributed by atoms with Gasteiger partial charge in [-0.3, -0.25) is 25.1 Å². The molecular weight excluding hydrogens is 523 g/mol. The second-order valence-electron chi connectivity index (χ2n) is 12.6. The fourth-order valence-electron chi connectivity index (χ4n) is 8.06. The number of hydrogen-bond donors (Lipinski definition) is 2. The topological polar surface area (TPSA) is 101 Å². The van der Waals surface area contributed by atoms with Crippen LogP contribution in [0.15, 0.2) is 30.9 Å². The molecule has 4 fully saturated rings. The van der Waals surface area contributed by atoms with Crippen LogP contribution in [0.1, 0.15) is 43.2 Å². The minimum absolute atomic E-state index is 0.0138. The van der Waals surface area contributed by atoms with Crippen molar-refractivity contribution >= 4 is 11.7 Å². The largest absolute Gasteiger partial charge is 0.348 e. The number of piperazine rings is 1. The molecule has 0 aromatic heterocycles. The fourth-order valence-corrected chi connectivity index (χ4v) is 8.06. The lowest BCUT2D eigenvalue weighted by atomic mass is 9.64. The molecule has 41 heavy (non-hydrogen) atoms. The first-order valence-corrected chi connectivity index (χ1v) is 15.0. The van der Waals surface area contributed by atoms with Crippen LogP contribution in [0, 0.1) is 28.5 Å². The summed E-state index contributed by atoms with van der Waals surface area (Å²) in [7, 11) is 2.12. The SMILES string of the molecule is C=CC(=O)N1CCN(C2NC(OCC3CCCN3C)NC3C(=O)[C@]4(CCC32)Cc2cccc(F)c2C4)CC1CC#N. The molecule has 6 rings (SSSR count). The van der Waals surface area contributed by atoms with Gasteiger partial charge in [0.15, 0.2) is 12.1 Å². The molecule has 5 aliphatic rings. The predicted octanol–water partition coefficient (Wildman–Crippen LogP) is 1.78. The van der Waals surface area contributed by atoms with Crippen LogP contribution >= 0.6 is 0 Å². The van der Waals surface area contributed by atoms with Gasteiger partial charge in [0, 0.05) is 37.0 Å². The Hall–Kier alpha value is -2.68. The molecule has 1 spiro atoms. The zero-order chi connectivity index (χ0) is 28.7. The molecule has 0 bridgehead atoms. The normalized spacial score (nSPS) is 35.7. The van der Waals surface area contributed by atoms with Crippen LogP contribution in [0.3, 0.4) is 0 Å². The van der Waals surface area contributed by atoms with Crippen molar-refractivity contribution in [3.05, 3.63) is 47.8 Å². The number of benzene rings is 1. The molecule has 1 aromatic rings. The number of carbonyl (C=O) groups is 2. The van der Waals surface area contributed by atoms with Gasteiger partial charge in [-0.1, -0.05) is 18.7 Å². The lowest BCUT2D eigenvalue weighted by Gasteiger charge is -2.54. The van der Waals surface area contributed by atoms with E-state index in [9.17, 15) is 19.2 Å². The van der Waals surface area contributed by atoms with Crippen molar-refractivity contribution in [2.24, 2.45) is 11.3 Å². The van der Waals surface area contributed by atoms with Crippen LogP contribution in [-0.4, -0.2) is 96.9 Å². The first-order valence-electron chi connectivity index (χ1n) is 15.0. The summed E-state index contributed by atoms with van der Waals surface area (Å²) in [6, 6.07) is 7.08. The number of rotatable bonds is 6. The highest BCUT2D eigenvalue weighted by Crippen LogP contribution is 2.48. The Morgan fingerprint density at radius 2 is 2.10 bits per heavy atom. The Morgan fingerprint density at radius 3 is 2.83 bits per heavy atom. The van der Waals surface area contributed by atoms with Gasteiger partial charge in [-0.15, -0.1) is 0 Å². The molecule has 3 heterocycles. The van der Waals surface area contributed by atoms with E-state index in [1.807, 2.05) is 6.07 Å². The number of nitriles is 1. The summed E-state index contributed by atoms with van der Waals surface area (Å²) in [5, 5.41) is 16.7. The molecule has 3 saturated heterocycles. The molecule has 1 saturated carbocycles. The van der Waals surface area contributed by atoms with Crippen LogP contribution in [-0.2, 0) is 27.2 Å². The van der Waals surface area contributed by atoms with Gasteiger partial charge < -0.3 is 14.5 Å². The van der Waals surface area contributed by atoms with Crippen LogP contribution in [0.5, 0.6) is 0 Å². The Morgan fingerprint density at radius 1 is 1.24 bits per heavy atom. The van der Waals surface area contributed by atoms with Gasteiger partial charge in [-0.05, 0) is 75.4 Å². The first-order chi connectivity index (χ1) is 19.8. The summed E-state index contributed by atoms with van der Waals surface area (Å²) in [6.45, 7) is 6.89. The summed E-state index contributed by atoms with van der Waals surface area (Å²) >= 11 is 0. The highest BCUT2D eigenvalue weighted by atomic mass is 19.1. The second kappa shape index (κ2) is 11.5. The Labute approximate surface area is 241 Å². The van der Waals surface area contributed by atoms with Crippen molar-refractivity contribution in [3.63, 3.8) is 0 Å². The monoisotopic (exact) mass is 564 g/mol. The highest BCUT2D eigenvalue weighted by molar-refractivity contribution is 5.92. The van der Waals surface area contributed by atoms with E-state index in [2.05, 4.69) is 40.1 Å². The summed E-state index contributed by atoms with van der Waals surface area (Å²) in [5.41, 5.74) is 1.03. The van der Waals surface area contributed by atoms with E-state index in [0.717, 1.165) is 31.4 Å². The number of Topliss-reactive ketones (excluding diaryl/α,β-unsaturated/α-hetero) is 1. The van der Waals surface area contributed by atoms with Crippen LogP contribution in [0.4, 0.5) is 4.39 Å². The number of ether oxygens (including phenoxy) is 1. The van der Waals surface area contributed by atoms with Crippen LogP contribution < -0.4 is 10.6 Å². The van der Waals surface area contributed by atoms with Crippen molar-refractivity contribution in [2.75, 3.05) is 39.8 Å². The minimum Gasteiger partial charge on any atom is -0.348 e. The van der Waals surface area contributed by atoms with Gasteiger partial charge in [-0.25, -0.2) is 4.39 Å². The molecule has 3 aliphatic heterocycles. The number of hydrogen-bond acceptors (Lipinski definition) is 8. The summed E-state index contributed by atoms with van der Waals surface area (Å²) in [6.07, 6.45) is 5.64. The van der Waals surface area contributed by atoms with E-state index in [4.69, 9.17) is 4.74 Å². The maximum Gasteiger partial charge on any atom is 0.246 e. The van der Waals surface area contributed by atoms with Crippen LogP contribution in [0.25, 0.3) is 0 Å². The first kappa shape index (κ1) is 28.4. The zero-order valence-corrected chi connectivity index (χ0v) is 23.9. The molecule has 6 unspecified atom stereocenters. The van der Waals surface area contributed by atoms with E-state index in [0.29, 0.717) is 57.1 Å². The van der Waals surface area contributed by atoms with Crippen molar-refractivity contribution in [2.45, 2.75) is 75.6 Å². The maximum atomic E-state index is 14.7. The van der Waals surface area contributed by atoms with E-state index >= 15 is 0 Å². The summed E-state index contributed by atoms with van der Waals surface area (Å²) in [4.78, 5) is 33.3.